The quantitative estimate of drug-likeness (QED) is 0.597. The van der Waals surface area contributed by atoms with Gasteiger partial charge in [0.05, 0.1) is 23.1 Å². The largest absolute Gasteiger partial charge is 0.466 e. The molecule has 6 nitrogen and oxygen atoms in total. The maximum atomic E-state index is 13.4. The van der Waals surface area contributed by atoms with Crippen molar-refractivity contribution in [2.45, 2.75) is 19.8 Å². The Morgan fingerprint density at radius 2 is 2.03 bits per heavy atom. The summed E-state index contributed by atoms with van der Waals surface area (Å²) in [4.78, 5) is 28.4. The molecular formula is C22H23N3O3S. The van der Waals surface area contributed by atoms with Crippen LogP contribution < -0.4 is 0 Å². The lowest BCUT2D eigenvalue weighted by Gasteiger charge is -2.31. The van der Waals surface area contributed by atoms with Crippen molar-refractivity contribution in [1.82, 2.24) is 14.7 Å². The number of carbonyl (C=O) groups is 2. The number of rotatable bonds is 5. The third-order valence-electron chi connectivity index (χ3n) is 5.03. The summed E-state index contributed by atoms with van der Waals surface area (Å²) in [5.74, 6) is -0.600. The van der Waals surface area contributed by atoms with Crippen molar-refractivity contribution in [3.8, 4) is 16.3 Å². The number of benzene rings is 1. The van der Waals surface area contributed by atoms with Gasteiger partial charge in [-0.3, -0.25) is 9.59 Å². The van der Waals surface area contributed by atoms with Gasteiger partial charge in [-0.25, -0.2) is 4.68 Å². The Kier molecular flexibility index (Phi) is 5.76. The van der Waals surface area contributed by atoms with E-state index in [-0.39, 0.29) is 17.8 Å². The molecule has 1 saturated heterocycles. The van der Waals surface area contributed by atoms with Crippen LogP contribution >= 0.6 is 11.3 Å². The maximum Gasteiger partial charge on any atom is 0.310 e. The predicted octanol–water partition coefficient (Wildman–Crippen LogP) is 4.02. The van der Waals surface area contributed by atoms with E-state index in [4.69, 9.17) is 9.84 Å². The first-order valence-electron chi connectivity index (χ1n) is 9.82. The van der Waals surface area contributed by atoms with E-state index >= 15 is 0 Å². The van der Waals surface area contributed by atoms with Crippen LogP contribution in [0.4, 0.5) is 0 Å². The second-order valence-corrected chi connectivity index (χ2v) is 7.93. The Balaban J connectivity index is 1.66. The molecule has 1 amide bonds. The number of hydrogen-bond acceptors (Lipinski definition) is 5. The van der Waals surface area contributed by atoms with E-state index < -0.39 is 0 Å². The van der Waals surface area contributed by atoms with E-state index in [1.54, 1.807) is 27.8 Å². The lowest BCUT2D eigenvalue weighted by molar-refractivity contribution is -0.149. The van der Waals surface area contributed by atoms with Crippen molar-refractivity contribution in [2.75, 3.05) is 19.7 Å². The molecular weight excluding hydrogens is 386 g/mol. The van der Waals surface area contributed by atoms with Crippen molar-refractivity contribution in [3.63, 3.8) is 0 Å². The molecule has 1 aromatic carbocycles. The minimum Gasteiger partial charge on any atom is -0.466 e. The topological polar surface area (TPSA) is 64.4 Å². The van der Waals surface area contributed by atoms with E-state index in [1.165, 1.54) is 0 Å². The number of piperidine rings is 1. The average molecular weight is 410 g/mol. The zero-order chi connectivity index (χ0) is 20.2. The second kappa shape index (κ2) is 8.61. The summed E-state index contributed by atoms with van der Waals surface area (Å²) in [5.41, 5.74) is 2.10. The van der Waals surface area contributed by atoms with Crippen LogP contribution in [0.3, 0.4) is 0 Å². The number of nitrogens with zero attached hydrogens (tertiary/aromatic N) is 3. The van der Waals surface area contributed by atoms with Crippen molar-refractivity contribution >= 4 is 23.2 Å². The number of thiophene rings is 1. The highest BCUT2D eigenvalue weighted by molar-refractivity contribution is 7.13. The lowest BCUT2D eigenvalue weighted by Crippen LogP contribution is -2.43. The van der Waals surface area contributed by atoms with Crippen molar-refractivity contribution < 1.29 is 14.3 Å². The summed E-state index contributed by atoms with van der Waals surface area (Å²) in [6, 6.07) is 15.4. The molecule has 1 aliphatic rings. The van der Waals surface area contributed by atoms with Crippen molar-refractivity contribution in [3.05, 3.63) is 59.6 Å². The van der Waals surface area contributed by atoms with Gasteiger partial charge < -0.3 is 9.64 Å². The zero-order valence-corrected chi connectivity index (χ0v) is 17.1. The molecule has 0 radical (unpaired) electrons. The fourth-order valence-corrected chi connectivity index (χ4v) is 4.30. The molecule has 0 N–H and O–H groups in total. The SMILES string of the molecule is CCOC(=O)C1CCCN(C(=O)c2cc(-c3cccs3)nn2-c2ccccc2)C1. The lowest BCUT2D eigenvalue weighted by atomic mass is 9.98. The summed E-state index contributed by atoms with van der Waals surface area (Å²) < 4.78 is 6.87. The number of carbonyl (C=O) groups excluding carboxylic acids is 2. The van der Waals surface area contributed by atoms with Crippen LogP contribution in [0, 0.1) is 5.92 Å². The summed E-state index contributed by atoms with van der Waals surface area (Å²) >= 11 is 1.59. The number of hydrogen-bond donors (Lipinski definition) is 0. The first kappa shape index (κ1) is 19.4. The first-order valence-corrected chi connectivity index (χ1v) is 10.7. The van der Waals surface area contributed by atoms with E-state index in [0.717, 1.165) is 29.1 Å². The van der Waals surface area contributed by atoms with Crippen molar-refractivity contribution in [1.29, 1.82) is 0 Å². The smallest absolute Gasteiger partial charge is 0.310 e. The Labute approximate surface area is 173 Å². The molecule has 1 fully saturated rings. The first-order chi connectivity index (χ1) is 14.2. The third kappa shape index (κ3) is 4.10. The van der Waals surface area contributed by atoms with Gasteiger partial charge >= 0.3 is 5.97 Å². The second-order valence-electron chi connectivity index (χ2n) is 6.98. The van der Waals surface area contributed by atoms with Gasteiger partial charge in [0.25, 0.3) is 5.91 Å². The van der Waals surface area contributed by atoms with Gasteiger partial charge in [0, 0.05) is 13.1 Å². The summed E-state index contributed by atoms with van der Waals surface area (Å²) in [6.45, 7) is 3.16. The summed E-state index contributed by atoms with van der Waals surface area (Å²) in [5, 5.41) is 6.70. The zero-order valence-electron chi connectivity index (χ0n) is 16.3. The van der Waals surface area contributed by atoms with Gasteiger partial charge in [-0.15, -0.1) is 11.3 Å². The summed E-state index contributed by atoms with van der Waals surface area (Å²) in [7, 11) is 0. The Bertz CT molecular complexity index is 982. The van der Waals surface area contributed by atoms with Crippen LogP contribution in [0.1, 0.15) is 30.3 Å². The fraction of sp³-hybridized carbons (Fsp3) is 0.318. The minimum absolute atomic E-state index is 0.113. The van der Waals surface area contributed by atoms with E-state index in [9.17, 15) is 9.59 Å². The number of likely N-dealkylation sites (tertiary alicyclic amines) is 1. The molecule has 150 valence electrons. The highest BCUT2D eigenvalue weighted by Gasteiger charge is 2.31. The number of esters is 1. The normalized spacial score (nSPS) is 16.6. The highest BCUT2D eigenvalue weighted by Crippen LogP contribution is 2.27. The van der Waals surface area contributed by atoms with Gasteiger partial charge in [-0.2, -0.15) is 5.10 Å². The van der Waals surface area contributed by atoms with Gasteiger partial charge in [0.15, 0.2) is 0 Å². The monoisotopic (exact) mass is 409 g/mol. The molecule has 7 heteroatoms. The standard InChI is InChI=1S/C22H23N3O3S/c1-2-28-22(27)16-8-6-12-24(15-16)21(26)19-14-18(20-11-7-13-29-20)23-25(19)17-9-4-3-5-10-17/h3-5,7,9-11,13-14,16H,2,6,8,12,15H2,1H3. The molecule has 3 heterocycles. The van der Waals surface area contributed by atoms with Crippen LogP contribution in [0.25, 0.3) is 16.3 Å². The molecule has 0 spiro atoms. The summed E-state index contributed by atoms with van der Waals surface area (Å²) in [6.07, 6.45) is 1.54. The average Bonchev–Trinajstić information content (AvgIpc) is 3.44. The Morgan fingerprint density at radius 3 is 2.76 bits per heavy atom. The van der Waals surface area contributed by atoms with E-state index in [0.29, 0.717) is 25.4 Å². The molecule has 0 bridgehead atoms. The number of ether oxygens (including phenoxy) is 1. The van der Waals surface area contributed by atoms with Crippen LogP contribution in [0.2, 0.25) is 0 Å². The van der Waals surface area contributed by atoms with E-state index in [2.05, 4.69) is 0 Å². The molecule has 1 aliphatic heterocycles. The molecule has 3 aromatic rings. The highest BCUT2D eigenvalue weighted by atomic mass is 32.1. The molecule has 2 aromatic heterocycles. The van der Waals surface area contributed by atoms with Gasteiger partial charge in [-0.1, -0.05) is 24.3 Å². The van der Waals surface area contributed by atoms with Crippen LogP contribution in [-0.2, 0) is 9.53 Å². The van der Waals surface area contributed by atoms with Crippen LogP contribution in [0.5, 0.6) is 0 Å². The van der Waals surface area contributed by atoms with Gasteiger partial charge in [0.2, 0.25) is 0 Å². The van der Waals surface area contributed by atoms with Crippen LogP contribution in [-0.4, -0.2) is 46.3 Å². The molecule has 0 aliphatic carbocycles. The van der Waals surface area contributed by atoms with E-state index in [1.807, 2.05) is 53.9 Å². The predicted molar refractivity (Wildman–Crippen MR) is 112 cm³/mol. The van der Waals surface area contributed by atoms with Crippen molar-refractivity contribution in [2.24, 2.45) is 5.92 Å². The van der Waals surface area contributed by atoms with Gasteiger partial charge in [0.1, 0.15) is 11.4 Å². The molecule has 1 unspecified atom stereocenters. The Morgan fingerprint density at radius 1 is 1.21 bits per heavy atom. The van der Waals surface area contributed by atoms with Gasteiger partial charge in [-0.05, 0) is 49.4 Å². The third-order valence-corrected chi connectivity index (χ3v) is 5.92. The Hall–Kier alpha value is -2.93. The molecule has 29 heavy (non-hydrogen) atoms. The van der Waals surface area contributed by atoms with Crippen LogP contribution in [0.15, 0.2) is 53.9 Å². The molecule has 0 saturated carbocycles. The minimum atomic E-state index is -0.266. The number of para-hydroxylation sites is 1. The molecule has 4 rings (SSSR count). The fourth-order valence-electron chi connectivity index (χ4n) is 3.62. The maximum absolute atomic E-state index is 13.4. The number of amides is 1. The number of aromatic nitrogens is 2. The molecule has 1 atom stereocenters.